The number of carbonyl (C=O) groups is 2. The third-order valence-electron chi connectivity index (χ3n) is 3.84. The molecule has 0 aromatic heterocycles. The molecule has 0 amide bonds. The van der Waals surface area contributed by atoms with Crippen molar-refractivity contribution in [3.05, 3.63) is 71.8 Å². The van der Waals surface area contributed by atoms with Crippen LogP contribution < -0.4 is 0 Å². The van der Waals surface area contributed by atoms with Gasteiger partial charge in [0.2, 0.25) is 6.10 Å². The molecule has 0 aliphatic carbocycles. The molecular formula is C19H18O4. The number of aryl methyl sites for hydroxylation is 1. The van der Waals surface area contributed by atoms with Crippen molar-refractivity contribution in [1.82, 2.24) is 0 Å². The molecule has 2 aromatic rings. The molecule has 0 bridgehead atoms. The van der Waals surface area contributed by atoms with E-state index in [1.54, 1.807) is 0 Å². The molecule has 1 heterocycles. The van der Waals surface area contributed by atoms with Gasteiger partial charge in [0.05, 0.1) is 0 Å². The van der Waals surface area contributed by atoms with Crippen molar-refractivity contribution in [2.24, 2.45) is 0 Å². The second kappa shape index (κ2) is 7.09. The molecule has 3 rings (SSSR count). The van der Waals surface area contributed by atoms with E-state index in [9.17, 15) is 9.59 Å². The van der Waals surface area contributed by atoms with Gasteiger partial charge in [-0.1, -0.05) is 60.7 Å². The van der Waals surface area contributed by atoms with Crippen LogP contribution in [0, 0.1) is 0 Å². The zero-order valence-electron chi connectivity index (χ0n) is 12.7. The normalized spacial score (nSPS) is 20.7. The Bertz CT molecular complexity index is 666. The summed E-state index contributed by atoms with van der Waals surface area (Å²) >= 11 is 0. The topological polar surface area (TPSA) is 52.6 Å². The average Bonchev–Trinajstić information content (AvgIpc) is 2.58. The van der Waals surface area contributed by atoms with Gasteiger partial charge in [0.15, 0.2) is 6.10 Å². The number of esters is 2. The number of hydrogen-bond donors (Lipinski definition) is 0. The highest BCUT2D eigenvalue weighted by Crippen LogP contribution is 2.18. The zero-order chi connectivity index (χ0) is 16.1. The average molecular weight is 310 g/mol. The fraction of sp³-hybridized carbons (Fsp3) is 0.263. The molecule has 23 heavy (non-hydrogen) atoms. The minimum Gasteiger partial charge on any atom is -0.448 e. The molecule has 2 aromatic carbocycles. The summed E-state index contributed by atoms with van der Waals surface area (Å²) in [5.74, 6) is -0.923. The highest BCUT2D eigenvalue weighted by Gasteiger charge is 2.37. The van der Waals surface area contributed by atoms with Crippen LogP contribution in [0.1, 0.15) is 17.5 Å². The Balaban J connectivity index is 1.56. The van der Waals surface area contributed by atoms with Gasteiger partial charge in [0.1, 0.15) is 0 Å². The minimum absolute atomic E-state index is 0.344. The van der Waals surface area contributed by atoms with E-state index in [0.29, 0.717) is 19.3 Å². The van der Waals surface area contributed by atoms with Crippen LogP contribution in [0.25, 0.3) is 0 Å². The molecule has 0 N–H and O–H groups in total. The number of carbonyl (C=O) groups excluding carboxylic acids is 2. The molecule has 118 valence electrons. The largest absolute Gasteiger partial charge is 0.448 e. The Morgan fingerprint density at radius 1 is 0.696 bits per heavy atom. The van der Waals surface area contributed by atoms with Crippen molar-refractivity contribution in [3.63, 3.8) is 0 Å². The summed E-state index contributed by atoms with van der Waals surface area (Å²) < 4.78 is 10.6. The predicted molar refractivity (Wildman–Crippen MR) is 84.7 cm³/mol. The summed E-state index contributed by atoms with van der Waals surface area (Å²) in [4.78, 5) is 24.1. The third-order valence-corrected chi connectivity index (χ3v) is 3.84. The predicted octanol–water partition coefficient (Wildman–Crippen LogP) is 2.70. The molecule has 1 saturated heterocycles. The Kier molecular flexibility index (Phi) is 4.71. The van der Waals surface area contributed by atoms with Gasteiger partial charge in [-0.3, -0.25) is 0 Å². The van der Waals surface area contributed by atoms with Crippen molar-refractivity contribution < 1.29 is 19.1 Å². The number of cyclic esters (lactones) is 2. The van der Waals surface area contributed by atoms with Gasteiger partial charge in [-0.2, -0.15) is 0 Å². The maximum atomic E-state index is 12.1. The van der Waals surface area contributed by atoms with Crippen LogP contribution in [0.5, 0.6) is 0 Å². The van der Waals surface area contributed by atoms with Crippen LogP contribution in [-0.4, -0.2) is 24.1 Å². The van der Waals surface area contributed by atoms with E-state index in [0.717, 1.165) is 11.1 Å². The first-order valence-electron chi connectivity index (χ1n) is 7.71. The maximum Gasteiger partial charge on any atom is 0.348 e. The summed E-state index contributed by atoms with van der Waals surface area (Å²) in [6.45, 7) is 0. The number of rotatable bonds is 5. The summed E-state index contributed by atoms with van der Waals surface area (Å²) in [6.07, 6.45) is -0.214. The van der Waals surface area contributed by atoms with E-state index in [1.165, 1.54) is 0 Å². The standard InChI is InChI=1S/C19H18O4/c20-18-16(12-11-14-7-3-1-4-8-14)22-19(21)17(23-18)13-15-9-5-2-6-10-15/h1-10,16-17H,11-13H2. The number of ether oxygens (including phenoxy) is 2. The van der Waals surface area contributed by atoms with E-state index < -0.39 is 24.1 Å². The van der Waals surface area contributed by atoms with Gasteiger partial charge in [-0.25, -0.2) is 9.59 Å². The third kappa shape index (κ3) is 3.97. The second-order valence-electron chi connectivity index (χ2n) is 5.57. The van der Waals surface area contributed by atoms with Gasteiger partial charge in [-0.05, 0) is 24.0 Å². The van der Waals surface area contributed by atoms with Crippen LogP contribution in [0.3, 0.4) is 0 Å². The Hall–Kier alpha value is -2.62. The highest BCUT2D eigenvalue weighted by atomic mass is 16.6. The van der Waals surface area contributed by atoms with E-state index in [2.05, 4.69) is 0 Å². The summed E-state index contributed by atoms with van der Waals surface area (Å²) in [5.41, 5.74) is 2.03. The zero-order valence-corrected chi connectivity index (χ0v) is 12.7. The van der Waals surface area contributed by atoms with Crippen LogP contribution >= 0.6 is 0 Å². The van der Waals surface area contributed by atoms with Crippen molar-refractivity contribution in [1.29, 1.82) is 0 Å². The van der Waals surface area contributed by atoms with Crippen molar-refractivity contribution in [2.75, 3.05) is 0 Å². The quantitative estimate of drug-likeness (QED) is 0.797. The fourth-order valence-corrected chi connectivity index (χ4v) is 2.60. The van der Waals surface area contributed by atoms with Crippen molar-refractivity contribution >= 4 is 11.9 Å². The van der Waals surface area contributed by atoms with Gasteiger partial charge in [0.25, 0.3) is 0 Å². The van der Waals surface area contributed by atoms with Gasteiger partial charge < -0.3 is 9.47 Å². The van der Waals surface area contributed by atoms with Crippen LogP contribution in [0.15, 0.2) is 60.7 Å². The molecule has 4 heteroatoms. The van der Waals surface area contributed by atoms with Crippen LogP contribution in [0.4, 0.5) is 0 Å². The van der Waals surface area contributed by atoms with Crippen LogP contribution in [0.2, 0.25) is 0 Å². The van der Waals surface area contributed by atoms with Gasteiger partial charge >= 0.3 is 11.9 Å². The lowest BCUT2D eigenvalue weighted by molar-refractivity contribution is -0.195. The highest BCUT2D eigenvalue weighted by molar-refractivity contribution is 5.87. The van der Waals surface area contributed by atoms with E-state index >= 15 is 0 Å². The molecule has 2 unspecified atom stereocenters. The first kappa shape index (κ1) is 15.3. The summed E-state index contributed by atoms with van der Waals surface area (Å²) in [6, 6.07) is 19.2. The first-order valence-corrected chi connectivity index (χ1v) is 7.71. The lowest BCUT2D eigenvalue weighted by Gasteiger charge is -2.27. The molecule has 2 atom stereocenters. The molecule has 1 aliphatic rings. The molecule has 4 nitrogen and oxygen atoms in total. The first-order chi connectivity index (χ1) is 11.2. The van der Waals surface area contributed by atoms with Gasteiger partial charge in [-0.15, -0.1) is 0 Å². The minimum atomic E-state index is -0.849. The molecule has 1 fully saturated rings. The fourth-order valence-electron chi connectivity index (χ4n) is 2.60. The lowest BCUT2D eigenvalue weighted by Crippen LogP contribution is -2.45. The van der Waals surface area contributed by atoms with Crippen LogP contribution in [-0.2, 0) is 31.9 Å². The van der Waals surface area contributed by atoms with Crippen molar-refractivity contribution in [3.8, 4) is 0 Å². The van der Waals surface area contributed by atoms with E-state index in [4.69, 9.17) is 9.47 Å². The molecular weight excluding hydrogens is 292 g/mol. The van der Waals surface area contributed by atoms with E-state index in [1.807, 2.05) is 60.7 Å². The Morgan fingerprint density at radius 2 is 1.22 bits per heavy atom. The summed E-state index contributed by atoms with van der Waals surface area (Å²) in [5, 5.41) is 0. The van der Waals surface area contributed by atoms with Crippen molar-refractivity contribution in [2.45, 2.75) is 31.5 Å². The monoisotopic (exact) mass is 310 g/mol. The second-order valence-corrected chi connectivity index (χ2v) is 5.57. The molecule has 0 radical (unpaired) electrons. The lowest BCUT2D eigenvalue weighted by atomic mass is 10.0. The molecule has 1 aliphatic heterocycles. The number of benzene rings is 2. The Labute approximate surface area is 135 Å². The SMILES string of the molecule is O=C1OC(Cc2ccccc2)C(=O)OC1CCc1ccccc1. The summed E-state index contributed by atoms with van der Waals surface area (Å²) in [7, 11) is 0. The number of hydrogen-bond acceptors (Lipinski definition) is 4. The molecule has 0 saturated carbocycles. The smallest absolute Gasteiger partial charge is 0.348 e. The maximum absolute atomic E-state index is 12.1. The van der Waals surface area contributed by atoms with E-state index in [-0.39, 0.29) is 0 Å². The Morgan fingerprint density at radius 3 is 1.87 bits per heavy atom. The van der Waals surface area contributed by atoms with Gasteiger partial charge in [0, 0.05) is 6.42 Å². The molecule has 0 spiro atoms.